The van der Waals surface area contributed by atoms with Gasteiger partial charge in [0.1, 0.15) is 0 Å². The summed E-state index contributed by atoms with van der Waals surface area (Å²) < 4.78 is 5.19. The zero-order valence-electron chi connectivity index (χ0n) is 14.8. The van der Waals surface area contributed by atoms with Gasteiger partial charge in [0, 0.05) is 49.7 Å². The Labute approximate surface area is 138 Å². The maximum Gasteiger partial charge on any atom is 0.335 e. The Bertz CT molecular complexity index is 874. The summed E-state index contributed by atoms with van der Waals surface area (Å²) in [6.45, 7) is 10.1. The molecule has 2 aromatic heterocycles. The molecule has 0 aliphatic heterocycles. The van der Waals surface area contributed by atoms with Crippen LogP contribution in [0.25, 0.3) is 0 Å². The molecule has 8 nitrogen and oxygen atoms in total. The molecule has 0 N–H and O–H groups in total. The first-order valence-electron chi connectivity index (χ1n) is 7.69. The van der Waals surface area contributed by atoms with Gasteiger partial charge in [0.25, 0.3) is 0 Å². The van der Waals surface area contributed by atoms with E-state index in [1.807, 2.05) is 0 Å². The highest BCUT2D eigenvalue weighted by Gasteiger charge is 2.19. The van der Waals surface area contributed by atoms with Crippen LogP contribution in [0.3, 0.4) is 0 Å². The van der Waals surface area contributed by atoms with Crippen molar-refractivity contribution in [2.45, 2.75) is 54.6 Å². The minimum absolute atomic E-state index is 0.244. The molecule has 0 spiro atoms. The molecule has 2 aromatic rings. The van der Waals surface area contributed by atoms with Crippen LogP contribution in [-0.2, 0) is 13.1 Å². The fraction of sp³-hybridized carbons (Fsp3) is 0.500. The maximum atomic E-state index is 12.4. The average molecular weight is 334 g/mol. The molecule has 2 heterocycles. The topological polar surface area (TPSA) is 88.0 Å². The summed E-state index contributed by atoms with van der Waals surface area (Å²) in [4.78, 5) is 48.0. The van der Waals surface area contributed by atoms with Crippen LogP contribution >= 0.6 is 0 Å². The van der Waals surface area contributed by atoms with Crippen LogP contribution in [0.15, 0.2) is 9.59 Å². The van der Waals surface area contributed by atoms with Crippen molar-refractivity contribution >= 4 is 11.8 Å². The Morgan fingerprint density at radius 1 is 0.667 bits per heavy atom. The standard InChI is InChI=1S/C16H22N4O4/c1-9-11(3)19(13(5)21)15(23)17(9)7-8-18-10(2)12(4)20(14(6)22)16(18)24/h7-8H2,1-6H3. The number of rotatable bonds is 3. The molecular formula is C16H22N4O4. The molecule has 130 valence electrons. The summed E-state index contributed by atoms with van der Waals surface area (Å²) in [7, 11) is 0. The summed E-state index contributed by atoms with van der Waals surface area (Å²) in [5.74, 6) is -0.683. The molecule has 0 unspecified atom stereocenters. The van der Waals surface area contributed by atoms with Crippen molar-refractivity contribution in [2.75, 3.05) is 0 Å². The van der Waals surface area contributed by atoms with Crippen LogP contribution in [-0.4, -0.2) is 30.1 Å². The quantitative estimate of drug-likeness (QED) is 0.833. The Balaban J connectivity index is 2.44. The fourth-order valence-electron chi connectivity index (χ4n) is 3.00. The zero-order valence-corrected chi connectivity index (χ0v) is 14.8. The van der Waals surface area contributed by atoms with E-state index < -0.39 is 11.4 Å². The molecule has 8 heteroatoms. The molecule has 0 aliphatic rings. The highest BCUT2D eigenvalue weighted by atomic mass is 16.2. The van der Waals surface area contributed by atoms with Gasteiger partial charge in [-0.1, -0.05) is 0 Å². The number of nitrogens with zero attached hydrogens (tertiary/aromatic N) is 4. The van der Waals surface area contributed by atoms with Crippen LogP contribution in [0.4, 0.5) is 0 Å². The molecule has 24 heavy (non-hydrogen) atoms. The minimum Gasteiger partial charge on any atom is -0.294 e. The highest BCUT2D eigenvalue weighted by Crippen LogP contribution is 2.08. The molecule has 0 radical (unpaired) electrons. The average Bonchev–Trinajstić information content (AvgIpc) is 2.82. The van der Waals surface area contributed by atoms with E-state index in [0.717, 1.165) is 9.13 Å². The van der Waals surface area contributed by atoms with Gasteiger partial charge in [0.15, 0.2) is 0 Å². The first-order chi connectivity index (χ1) is 11.1. The molecule has 0 saturated heterocycles. The van der Waals surface area contributed by atoms with Crippen molar-refractivity contribution in [3.05, 3.63) is 43.7 Å². The smallest absolute Gasteiger partial charge is 0.294 e. The fourth-order valence-corrected chi connectivity index (χ4v) is 3.00. The molecular weight excluding hydrogens is 312 g/mol. The molecule has 0 atom stereocenters. The van der Waals surface area contributed by atoms with E-state index >= 15 is 0 Å². The van der Waals surface area contributed by atoms with E-state index in [-0.39, 0.29) is 24.9 Å². The second kappa shape index (κ2) is 6.10. The molecule has 2 rings (SSSR count). The number of hydrogen-bond donors (Lipinski definition) is 0. The summed E-state index contributed by atoms with van der Waals surface area (Å²) in [6, 6.07) is 0. The highest BCUT2D eigenvalue weighted by molar-refractivity contribution is 5.77. The van der Waals surface area contributed by atoms with Crippen molar-refractivity contribution in [1.82, 2.24) is 18.3 Å². The van der Waals surface area contributed by atoms with Gasteiger partial charge in [-0.15, -0.1) is 0 Å². The van der Waals surface area contributed by atoms with E-state index in [4.69, 9.17) is 0 Å². The van der Waals surface area contributed by atoms with E-state index in [1.54, 1.807) is 27.7 Å². The van der Waals surface area contributed by atoms with Gasteiger partial charge in [-0.2, -0.15) is 0 Å². The largest absolute Gasteiger partial charge is 0.335 e. The monoisotopic (exact) mass is 334 g/mol. The van der Waals surface area contributed by atoms with Gasteiger partial charge in [0.05, 0.1) is 0 Å². The molecule has 0 fully saturated rings. The number of carbonyl (C=O) groups is 2. The normalized spacial score (nSPS) is 11.1. The number of hydrogen-bond acceptors (Lipinski definition) is 4. The lowest BCUT2D eigenvalue weighted by atomic mass is 10.3. The predicted octanol–water partition coefficient (Wildman–Crippen LogP) is 0.867. The Morgan fingerprint density at radius 3 is 1.17 bits per heavy atom. The van der Waals surface area contributed by atoms with Crippen molar-refractivity contribution in [2.24, 2.45) is 0 Å². The summed E-state index contributed by atoms with van der Waals surface area (Å²) in [6.07, 6.45) is 0. The molecule has 0 amide bonds. The third kappa shape index (κ3) is 2.57. The third-order valence-electron chi connectivity index (χ3n) is 4.55. The van der Waals surface area contributed by atoms with Gasteiger partial charge in [-0.05, 0) is 27.7 Å². The lowest BCUT2D eigenvalue weighted by Crippen LogP contribution is -2.32. The Kier molecular flexibility index (Phi) is 4.50. The minimum atomic E-state index is -0.411. The SMILES string of the molecule is CC(=O)n1c(C)c(C)n(CCn2c(C)c(C)n(C(C)=O)c2=O)c1=O. The third-order valence-corrected chi connectivity index (χ3v) is 4.55. The van der Waals surface area contributed by atoms with Gasteiger partial charge in [-0.25, -0.2) is 18.7 Å². The van der Waals surface area contributed by atoms with Crippen molar-refractivity contribution in [3.8, 4) is 0 Å². The van der Waals surface area contributed by atoms with E-state index in [2.05, 4.69) is 0 Å². The van der Waals surface area contributed by atoms with E-state index in [1.165, 1.54) is 23.0 Å². The Hall–Kier alpha value is -2.64. The summed E-state index contributed by atoms with van der Waals surface area (Å²) >= 11 is 0. The van der Waals surface area contributed by atoms with Crippen LogP contribution in [0.1, 0.15) is 46.2 Å². The summed E-state index contributed by atoms with van der Waals surface area (Å²) in [5, 5.41) is 0. The van der Waals surface area contributed by atoms with Crippen molar-refractivity contribution in [3.63, 3.8) is 0 Å². The van der Waals surface area contributed by atoms with Gasteiger partial charge in [-0.3, -0.25) is 18.7 Å². The maximum absolute atomic E-state index is 12.4. The van der Waals surface area contributed by atoms with Gasteiger partial charge < -0.3 is 0 Å². The zero-order chi connectivity index (χ0) is 18.3. The van der Waals surface area contributed by atoms with Crippen LogP contribution in [0.2, 0.25) is 0 Å². The molecule has 0 aromatic carbocycles. The van der Waals surface area contributed by atoms with Crippen LogP contribution < -0.4 is 11.4 Å². The van der Waals surface area contributed by atoms with Crippen molar-refractivity contribution in [1.29, 1.82) is 0 Å². The van der Waals surface area contributed by atoms with Crippen LogP contribution in [0.5, 0.6) is 0 Å². The number of aromatic nitrogens is 4. The van der Waals surface area contributed by atoms with E-state index in [0.29, 0.717) is 22.8 Å². The molecule has 0 aliphatic carbocycles. The predicted molar refractivity (Wildman–Crippen MR) is 88.9 cm³/mol. The second-order valence-corrected chi connectivity index (χ2v) is 5.92. The molecule has 0 saturated carbocycles. The summed E-state index contributed by atoms with van der Waals surface area (Å²) in [5.41, 5.74) is 1.73. The lowest BCUT2D eigenvalue weighted by molar-refractivity contribution is 0.0920. The number of imidazole rings is 2. The Morgan fingerprint density at radius 2 is 0.958 bits per heavy atom. The van der Waals surface area contributed by atoms with Crippen LogP contribution in [0, 0.1) is 27.7 Å². The second-order valence-electron chi connectivity index (χ2n) is 5.92. The molecule has 0 bridgehead atoms. The lowest BCUT2D eigenvalue weighted by Gasteiger charge is -2.06. The van der Waals surface area contributed by atoms with E-state index in [9.17, 15) is 19.2 Å². The van der Waals surface area contributed by atoms with Gasteiger partial charge in [0.2, 0.25) is 11.8 Å². The van der Waals surface area contributed by atoms with Crippen molar-refractivity contribution < 1.29 is 9.59 Å². The number of carbonyl (C=O) groups excluding carboxylic acids is 2. The first kappa shape index (κ1) is 17.7. The first-order valence-corrected chi connectivity index (χ1v) is 7.69. The van der Waals surface area contributed by atoms with Gasteiger partial charge >= 0.3 is 11.4 Å².